The first-order valence-electron chi connectivity index (χ1n) is 21.6. The maximum atomic E-state index is 10.1. The molecule has 0 bridgehead atoms. The summed E-state index contributed by atoms with van der Waals surface area (Å²) in [6.45, 7) is 0. The Labute approximate surface area is 366 Å². The summed E-state index contributed by atoms with van der Waals surface area (Å²) in [6.07, 6.45) is 24.1. The Morgan fingerprint density at radius 3 is 2.03 bits per heavy atom. The van der Waals surface area contributed by atoms with E-state index in [0.717, 1.165) is 52.5 Å². The summed E-state index contributed by atoms with van der Waals surface area (Å²) in [6, 6.07) is 49.5. The molecule has 0 radical (unpaired) electrons. The minimum absolute atomic E-state index is 0.0470. The molecular weight excluding hydrogens is 773 g/mol. The summed E-state index contributed by atoms with van der Waals surface area (Å²) in [7, 11) is 0. The Morgan fingerprint density at radius 1 is 0.613 bits per heavy atom. The van der Waals surface area contributed by atoms with E-state index in [1.807, 2.05) is 60.3 Å². The van der Waals surface area contributed by atoms with Gasteiger partial charge in [0, 0.05) is 44.1 Å². The first-order valence-corrected chi connectivity index (χ1v) is 22.4. The highest BCUT2D eigenvalue weighted by Gasteiger charge is 2.57. The van der Waals surface area contributed by atoms with Gasteiger partial charge in [0.2, 0.25) is 0 Å². The highest BCUT2D eigenvalue weighted by atomic mass is 32.2. The van der Waals surface area contributed by atoms with Gasteiger partial charge in [-0.3, -0.25) is 0 Å². The van der Waals surface area contributed by atoms with Crippen molar-refractivity contribution in [2.24, 2.45) is 11.8 Å². The normalized spacial score (nSPS) is 21.6. The van der Waals surface area contributed by atoms with Crippen LogP contribution in [0.1, 0.15) is 53.3 Å². The fourth-order valence-electron chi connectivity index (χ4n) is 10.9. The van der Waals surface area contributed by atoms with Gasteiger partial charge in [0.1, 0.15) is 5.82 Å². The van der Waals surface area contributed by atoms with Crippen LogP contribution in [0, 0.1) is 23.2 Å². The molecule has 4 atom stereocenters. The number of hydrogen-bond donors (Lipinski definition) is 0. The largest absolute Gasteiger partial charge is 0.212 e. The molecule has 0 saturated heterocycles. The van der Waals surface area contributed by atoms with Crippen molar-refractivity contribution < 1.29 is 0 Å². The van der Waals surface area contributed by atoms with E-state index < -0.39 is 0 Å². The molecule has 4 unspecified atom stereocenters. The van der Waals surface area contributed by atoms with Gasteiger partial charge in [0.05, 0.1) is 17.0 Å². The van der Waals surface area contributed by atoms with Crippen LogP contribution in [0.2, 0.25) is 0 Å². The Hall–Kier alpha value is -7.13. The van der Waals surface area contributed by atoms with Crippen molar-refractivity contribution in [2.75, 3.05) is 0 Å². The number of nitrogens with zero attached hydrogens (tertiary/aromatic N) is 4. The SMILES string of the molecule is N#Cc1ccc(-c2cccc3c2Sc2c(C4=CC(c5nc(-c6ccccc6)nc(-c6ccccc6)n5)CC=C4)cccc2C32C3=C(C=CCC3)C3C=CC=CC32)c2ccccc12. The Kier molecular flexibility index (Phi) is 8.76. The number of benzene rings is 6. The molecule has 0 amide bonds. The van der Waals surface area contributed by atoms with Gasteiger partial charge in [-0.15, -0.1) is 0 Å². The van der Waals surface area contributed by atoms with Crippen LogP contribution >= 0.6 is 11.8 Å². The number of aromatic nitrogens is 3. The number of rotatable bonds is 5. The number of fused-ring (bicyclic) bond motifs is 9. The van der Waals surface area contributed by atoms with Crippen LogP contribution in [0.5, 0.6) is 0 Å². The Morgan fingerprint density at radius 2 is 1.29 bits per heavy atom. The second-order valence-electron chi connectivity index (χ2n) is 16.7. The van der Waals surface area contributed by atoms with Crippen LogP contribution in [-0.4, -0.2) is 15.0 Å². The molecule has 294 valence electrons. The van der Waals surface area contributed by atoms with Gasteiger partial charge in [-0.05, 0) is 69.7 Å². The minimum atomic E-state index is -0.363. The van der Waals surface area contributed by atoms with Crippen LogP contribution in [0.25, 0.3) is 50.2 Å². The molecule has 5 aliphatic rings. The Bertz CT molecular complexity index is 3160. The molecule has 5 heteroatoms. The van der Waals surface area contributed by atoms with Gasteiger partial charge in [0.15, 0.2) is 11.6 Å². The van der Waals surface area contributed by atoms with Gasteiger partial charge in [-0.2, -0.15) is 5.26 Å². The molecule has 0 N–H and O–H groups in total. The number of allylic oxidation sites excluding steroid dienone is 12. The topological polar surface area (TPSA) is 62.5 Å². The van der Waals surface area contributed by atoms with Crippen molar-refractivity contribution in [2.45, 2.75) is 40.4 Å². The minimum Gasteiger partial charge on any atom is -0.212 e. The summed E-state index contributed by atoms with van der Waals surface area (Å²) < 4.78 is 0. The molecule has 6 aromatic carbocycles. The molecule has 0 fully saturated rings. The predicted octanol–water partition coefficient (Wildman–Crippen LogP) is 13.8. The van der Waals surface area contributed by atoms with Gasteiger partial charge in [0.25, 0.3) is 0 Å². The van der Waals surface area contributed by atoms with Gasteiger partial charge in [-0.1, -0.05) is 199 Å². The van der Waals surface area contributed by atoms with Crippen molar-refractivity contribution in [3.05, 3.63) is 227 Å². The second-order valence-corrected chi connectivity index (χ2v) is 17.7. The summed E-state index contributed by atoms with van der Waals surface area (Å²) in [4.78, 5) is 17.9. The van der Waals surface area contributed by atoms with E-state index >= 15 is 0 Å². The number of hydrogen-bond acceptors (Lipinski definition) is 5. The third-order valence-corrected chi connectivity index (χ3v) is 14.8. The van der Waals surface area contributed by atoms with Crippen molar-refractivity contribution in [1.82, 2.24) is 15.0 Å². The van der Waals surface area contributed by atoms with Crippen molar-refractivity contribution in [1.29, 1.82) is 5.26 Å². The molecule has 1 aliphatic heterocycles. The zero-order chi connectivity index (χ0) is 41.2. The molecule has 2 heterocycles. The summed E-state index contributed by atoms with van der Waals surface area (Å²) in [5.74, 6) is 2.61. The van der Waals surface area contributed by atoms with Gasteiger partial charge >= 0.3 is 0 Å². The monoisotopic (exact) mass is 812 g/mol. The average molecular weight is 813 g/mol. The lowest BCUT2D eigenvalue weighted by molar-refractivity contribution is 0.404. The van der Waals surface area contributed by atoms with Crippen LogP contribution in [-0.2, 0) is 5.41 Å². The zero-order valence-corrected chi connectivity index (χ0v) is 34.8. The van der Waals surface area contributed by atoms with Gasteiger partial charge < -0.3 is 0 Å². The van der Waals surface area contributed by atoms with Crippen molar-refractivity contribution >= 4 is 28.1 Å². The lowest BCUT2D eigenvalue weighted by Gasteiger charge is -2.46. The van der Waals surface area contributed by atoms with E-state index in [2.05, 4.69) is 146 Å². The molecule has 62 heavy (non-hydrogen) atoms. The molecular formula is C57H40N4S. The molecule has 1 spiro atoms. The lowest BCUT2D eigenvalue weighted by Crippen LogP contribution is -2.39. The Balaban J connectivity index is 1.07. The van der Waals surface area contributed by atoms with Crippen molar-refractivity contribution in [3.63, 3.8) is 0 Å². The van der Waals surface area contributed by atoms with E-state index in [1.165, 1.54) is 43.2 Å². The fourth-order valence-corrected chi connectivity index (χ4v) is 12.4. The van der Waals surface area contributed by atoms with E-state index in [1.54, 1.807) is 5.57 Å². The van der Waals surface area contributed by atoms with E-state index in [-0.39, 0.29) is 23.2 Å². The van der Waals surface area contributed by atoms with Crippen molar-refractivity contribution in [3.8, 4) is 40.0 Å². The zero-order valence-electron chi connectivity index (χ0n) is 33.9. The predicted molar refractivity (Wildman–Crippen MR) is 251 cm³/mol. The quantitative estimate of drug-likeness (QED) is 0.173. The molecule has 7 aromatic rings. The molecule has 1 aromatic heterocycles. The first-order chi connectivity index (χ1) is 30.7. The maximum absolute atomic E-state index is 10.1. The molecule has 4 nitrogen and oxygen atoms in total. The fraction of sp³-hybridized carbons (Fsp3) is 0.123. The lowest BCUT2D eigenvalue weighted by atomic mass is 9.60. The number of nitriles is 1. The smallest absolute Gasteiger partial charge is 0.163 e. The van der Waals surface area contributed by atoms with E-state index in [0.29, 0.717) is 17.2 Å². The van der Waals surface area contributed by atoms with E-state index in [4.69, 9.17) is 15.0 Å². The maximum Gasteiger partial charge on any atom is 0.163 e. The van der Waals surface area contributed by atoms with Crippen LogP contribution in [0.4, 0.5) is 0 Å². The van der Waals surface area contributed by atoms with E-state index in [9.17, 15) is 5.26 Å². The standard InChI is InChI=1S/C57H40N4S/c58-35-40-32-33-44(43-23-8-7-22-41(40)43)47-27-15-31-51-53(47)62-52-42(26-14-30-50(52)57(51)48-28-11-9-24-45(48)46-25-10-12-29-49(46)57)38-20-13-21-39(34-38)56-60-54(36-16-3-1-4-17-36)59-55(61-56)37-18-5-2-6-19-37/h1-11,13-20,22-28,30-34,39,45,48H,12,21,29H2. The summed E-state index contributed by atoms with van der Waals surface area (Å²) >= 11 is 1.92. The van der Waals surface area contributed by atoms with Crippen LogP contribution in [0.3, 0.4) is 0 Å². The second kappa shape index (κ2) is 14.8. The molecule has 0 saturated carbocycles. The highest BCUT2D eigenvalue weighted by molar-refractivity contribution is 7.99. The molecule has 12 rings (SSSR count). The third-order valence-electron chi connectivity index (χ3n) is 13.5. The van der Waals surface area contributed by atoms with Crippen LogP contribution < -0.4 is 0 Å². The first kappa shape index (κ1) is 36.7. The van der Waals surface area contributed by atoms with Crippen LogP contribution in [0.15, 0.2) is 209 Å². The summed E-state index contributed by atoms with van der Waals surface area (Å²) in [5, 5.41) is 12.2. The van der Waals surface area contributed by atoms with Gasteiger partial charge in [-0.25, -0.2) is 15.0 Å². The average Bonchev–Trinajstić information content (AvgIpc) is 3.64. The highest BCUT2D eigenvalue weighted by Crippen LogP contribution is 2.67. The third kappa shape index (κ3) is 5.64. The summed E-state index contributed by atoms with van der Waals surface area (Å²) in [5.41, 5.74) is 12.8. The molecule has 4 aliphatic carbocycles.